The molecule has 1 aromatic rings. The Labute approximate surface area is 83.4 Å². The van der Waals surface area contributed by atoms with Crippen LogP contribution in [0.4, 0.5) is 0 Å². The molecule has 0 radical (unpaired) electrons. The molecule has 0 amide bonds. The lowest BCUT2D eigenvalue weighted by Crippen LogP contribution is -2.23. The van der Waals surface area contributed by atoms with Crippen LogP contribution in [0.1, 0.15) is 18.0 Å². The lowest BCUT2D eigenvalue weighted by Gasteiger charge is -2.19. The monoisotopic (exact) mass is 193 g/mol. The number of hydrogen-bond acceptors (Lipinski definition) is 1. The van der Waals surface area contributed by atoms with Crippen molar-refractivity contribution in [2.24, 2.45) is 0 Å². The third-order valence-corrected chi connectivity index (χ3v) is 2.54. The molecule has 2 heteroatoms. The van der Waals surface area contributed by atoms with Gasteiger partial charge in [0.1, 0.15) is 0 Å². The molecule has 1 aliphatic heterocycles. The number of hydrogen-bond donors (Lipinski definition) is 1. The minimum absolute atomic E-state index is 0.460. The van der Waals surface area contributed by atoms with E-state index < -0.39 is 0 Å². The molecule has 13 heavy (non-hydrogen) atoms. The highest BCUT2D eigenvalue weighted by molar-refractivity contribution is 6.30. The molecule has 1 nitrogen and oxygen atoms in total. The predicted octanol–water partition coefficient (Wildman–Crippen LogP) is 2.93. The zero-order valence-electron chi connectivity index (χ0n) is 7.33. The van der Waals surface area contributed by atoms with Gasteiger partial charge in [-0.3, -0.25) is 0 Å². The van der Waals surface area contributed by atoms with Gasteiger partial charge in [-0.25, -0.2) is 0 Å². The number of benzene rings is 1. The minimum atomic E-state index is 0.460. The van der Waals surface area contributed by atoms with Gasteiger partial charge in [-0.05, 0) is 24.1 Å². The van der Waals surface area contributed by atoms with Crippen LogP contribution in [0.25, 0.3) is 0 Å². The van der Waals surface area contributed by atoms with Crippen LogP contribution in [0.2, 0.25) is 5.02 Å². The van der Waals surface area contributed by atoms with Crippen molar-refractivity contribution in [3.8, 4) is 0 Å². The molecule has 1 aliphatic rings. The number of halogens is 1. The topological polar surface area (TPSA) is 12.0 Å². The molecule has 1 N–H and O–H groups in total. The average molecular weight is 194 g/mol. The van der Waals surface area contributed by atoms with E-state index in [0.717, 1.165) is 18.0 Å². The first kappa shape index (κ1) is 8.79. The van der Waals surface area contributed by atoms with E-state index in [2.05, 4.69) is 29.6 Å². The van der Waals surface area contributed by atoms with Crippen LogP contribution in [-0.2, 0) is 0 Å². The summed E-state index contributed by atoms with van der Waals surface area (Å²) in [5.74, 6) is 0. The van der Waals surface area contributed by atoms with Gasteiger partial charge in [-0.2, -0.15) is 0 Å². The van der Waals surface area contributed by atoms with Crippen LogP contribution in [0, 0.1) is 0 Å². The van der Waals surface area contributed by atoms with Crippen LogP contribution in [0.5, 0.6) is 0 Å². The van der Waals surface area contributed by atoms with E-state index in [1.165, 1.54) is 5.56 Å². The standard InChI is InChI=1S/C11H12ClN/c12-10-6-4-9(5-7-10)11-3-1-2-8-13-11/h1-2,4-7,11,13H,3,8H2/t11-/m0/s1. The lowest BCUT2D eigenvalue weighted by atomic mass is 10.0. The second kappa shape index (κ2) is 3.95. The van der Waals surface area contributed by atoms with Crippen LogP contribution in [-0.4, -0.2) is 6.54 Å². The summed E-state index contributed by atoms with van der Waals surface area (Å²) in [6.07, 6.45) is 5.45. The van der Waals surface area contributed by atoms with Crippen molar-refractivity contribution in [3.05, 3.63) is 47.0 Å². The smallest absolute Gasteiger partial charge is 0.0406 e. The highest BCUT2D eigenvalue weighted by atomic mass is 35.5. The largest absolute Gasteiger partial charge is 0.306 e. The first-order valence-electron chi connectivity index (χ1n) is 4.50. The van der Waals surface area contributed by atoms with Gasteiger partial charge in [0.15, 0.2) is 0 Å². The van der Waals surface area contributed by atoms with E-state index in [0.29, 0.717) is 6.04 Å². The summed E-state index contributed by atoms with van der Waals surface area (Å²) in [4.78, 5) is 0. The minimum Gasteiger partial charge on any atom is -0.306 e. The summed E-state index contributed by atoms with van der Waals surface area (Å²) in [6.45, 7) is 0.966. The lowest BCUT2D eigenvalue weighted by molar-refractivity contribution is 0.555. The molecular formula is C11H12ClN. The van der Waals surface area contributed by atoms with Crippen molar-refractivity contribution in [3.63, 3.8) is 0 Å². The van der Waals surface area contributed by atoms with Crippen LogP contribution in [0.15, 0.2) is 36.4 Å². The molecule has 0 fully saturated rings. The molecule has 0 aromatic heterocycles. The fourth-order valence-corrected chi connectivity index (χ4v) is 1.68. The quantitative estimate of drug-likeness (QED) is 0.677. The van der Waals surface area contributed by atoms with Gasteiger partial charge in [0.05, 0.1) is 0 Å². The van der Waals surface area contributed by atoms with Gasteiger partial charge >= 0.3 is 0 Å². The summed E-state index contributed by atoms with van der Waals surface area (Å²) in [6, 6.07) is 8.51. The molecule has 0 saturated heterocycles. The van der Waals surface area contributed by atoms with Crippen LogP contribution in [0.3, 0.4) is 0 Å². The fraction of sp³-hybridized carbons (Fsp3) is 0.273. The molecule has 0 spiro atoms. The van der Waals surface area contributed by atoms with E-state index in [9.17, 15) is 0 Å². The first-order chi connectivity index (χ1) is 6.36. The van der Waals surface area contributed by atoms with Crippen LogP contribution < -0.4 is 5.32 Å². The van der Waals surface area contributed by atoms with Crippen LogP contribution >= 0.6 is 11.6 Å². The van der Waals surface area contributed by atoms with Crippen molar-refractivity contribution in [1.29, 1.82) is 0 Å². The number of rotatable bonds is 1. The van der Waals surface area contributed by atoms with E-state index in [1.807, 2.05) is 12.1 Å². The summed E-state index contributed by atoms with van der Waals surface area (Å²) in [5, 5.41) is 4.23. The number of nitrogens with one attached hydrogen (secondary N) is 1. The molecule has 68 valence electrons. The molecule has 0 aliphatic carbocycles. The third-order valence-electron chi connectivity index (χ3n) is 2.29. The van der Waals surface area contributed by atoms with Crippen molar-refractivity contribution in [1.82, 2.24) is 5.32 Å². The van der Waals surface area contributed by atoms with Gasteiger partial charge < -0.3 is 5.32 Å². The van der Waals surface area contributed by atoms with Crippen molar-refractivity contribution in [2.75, 3.05) is 6.54 Å². The Balaban J connectivity index is 2.15. The van der Waals surface area contributed by atoms with Crippen molar-refractivity contribution < 1.29 is 0 Å². The van der Waals surface area contributed by atoms with Gasteiger partial charge in [-0.1, -0.05) is 35.9 Å². The summed E-state index contributed by atoms with van der Waals surface area (Å²) >= 11 is 5.82. The summed E-state index contributed by atoms with van der Waals surface area (Å²) in [7, 11) is 0. The molecule has 1 atom stereocenters. The highest BCUT2D eigenvalue weighted by Gasteiger charge is 2.10. The normalized spacial score (nSPS) is 21.8. The Morgan fingerprint density at radius 3 is 2.54 bits per heavy atom. The molecular weight excluding hydrogens is 182 g/mol. The second-order valence-electron chi connectivity index (χ2n) is 3.22. The molecule has 0 saturated carbocycles. The molecule has 0 unspecified atom stereocenters. The van der Waals surface area contributed by atoms with Gasteiger partial charge in [0.2, 0.25) is 0 Å². The Bertz CT molecular complexity index is 302. The molecule has 2 rings (SSSR count). The van der Waals surface area contributed by atoms with Crippen molar-refractivity contribution in [2.45, 2.75) is 12.5 Å². The predicted molar refractivity (Wildman–Crippen MR) is 56.0 cm³/mol. The summed E-state index contributed by atoms with van der Waals surface area (Å²) < 4.78 is 0. The first-order valence-corrected chi connectivity index (χ1v) is 4.88. The Morgan fingerprint density at radius 2 is 1.92 bits per heavy atom. The van der Waals surface area contributed by atoms with Crippen molar-refractivity contribution >= 4 is 11.6 Å². The van der Waals surface area contributed by atoms with Gasteiger partial charge in [-0.15, -0.1) is 0 Å². The molecule has 1 heterocycles. The highest BCUT2D eigenvalue weighted by Crippen LogP contribution is 2.21. The molecule has 0 bridgehead atoms. The SMILES string of the molecule is Clc1ccc([C@@H]2CC=CCN2)cc1. The maximum atomic E-state index is 5.82. The third kappa shape index (κ3) is 2.11. The average Bonchev–Trinajstić information content (AvgIpc) is 2.20. The fourth-order valence-electron chi connectivity index (χ4n) is 1.56. The zero-order chi connectivity index (χ0) is 9.10. The van der Waals surface area contributed by atoms with E-state index >= 15 is 0 Å². The summed E-state index contributed by atoms with van der Waals surface area (Å²) in [5.41, 5.74) is 1.31. The van der Waals surface area contributed by atoms with E-state index in [4.69, 9.17) is 11.6 Å². The van der Waals surface area contributed by atoms with E-state index in [-0.39, 0.29) is 0 Å². The maximum absolute atomic E-state index is 5.82. The van der Waals surface area contributed by atoms with Gasteiger partial charge in [0, 0.05) is 17.6 Å². The Hall–Kier alpha value is -0.790. The molecule has 1 aromatic carbocycles. The van der Waals surface area contributed by atoms with Gasteiger partial charge in [0.25, 0.3) is 0 Å². The zero-order valence-corrected chi connectivity index (χ0v) is 8.09. The Morgan fingerprint density at radius 1 is 1.15 bits per heavy atom. The van der Waals surface area contributed by atoms with E-state index in [1.54, 1.807) is 0 Å². The maximum Gasteiger partial charge on any atom is 0.0406 e. The second-order valence-corrected chi connectivity index (χ2v) is 3.66. The Kier molecular flexibility index (Phi) is 2.67.